The Kier molecular flexibility index (Phi) is 5.91. The molecule has 0 radical (unpaired) electrons. The molecule has 108 valence electrons. The van der Waals surface area contributed by atoms with E-state index in [2.05, 4.69) is 4.90 Å². The molecule has 1 rings (SSSR count). The molecule has 3 nitrogen and oxygen atoms in total. The molecule has 1 unspecified atom stereocenters. The zero-order chi connectivity index (χ0) is 14.5. The first-order chi connectivity index (χ1) is 8.88. The second-order valence-corrected chi connectivity index (χ2v) is 5.60. The largest absolute Gasteiger partial charge is 0.379 e. The molecular formula is C15H25FN2O. The molecule has 0 spiro atoms. The number of hydrogen-bond acceptors (Lipinski definition) is 3. The molecule has 1 aromatic carbocycles. The van der Waals surface area contributed by atoms with Gasteiger partial charge in [-0.05, 0) is 45.0 Å². The van der Waals surface area contributed by atoms with Gasteiger partial charge in [-0.1, -0.05) is 12.1 Å². The second kappa shape index (κ2) is 6.98. The van der Waals surface area contributed by atoms with E-state index in [0.717, 1.165) is 12.0 Å². The molecule has 0 amide bonds. The smallest absolute Gasteiger partial charge is 0.123 e. The molecule has 1 atom stereocenters. The minimum atomic E-state index is -0.208. The third kappa shape index (κ3) is 5.27. The van der Waals surface area contributed by atoms with E-state index in [-0.39, 0.29) is 17.5 Å². The van der Waals surface area contributed by atoms with Crippen LogP contribution >= 0.6 is 0 Å². The lowest BCUT2D eigenvalue weighted by atomic mass is 9.97. The minimum Gasteiger partial charge on any atom is -0.379 e. The van der Waals surface area contributed by atoms with Gasteiger partial charge in [0.25, 0.3) is 0 Å². The molecule has 1 aromatic rings. The third-order valence-electron chi connectivity index (χ3n) is 3.50. The zero-order valence-electron chi connectivity index (χ0n) is 12.3. The predicted molar refractivity (Wildman–Crippen MR) is 76.4 cm³/mol. The van der Waals surface area contributed by atoms with E-state index in [1.54, 1.807) is 19.2 Å². The van der Waals surface area contributed by atoms with Crippen molar-refractivity contribution >= 4 is 0 Å². The van der Waals surface area contributed by atoms with E-state index < -0.39 is 0 Å². The molecule has 0 saturated carbocycles. The summed E-state index contributed by atoms with van der Waals surface area (Å²) >= 11 is 0. The Morgan fingerprint density at radius 2 is 2.11 bits per heavy atom. The van der Waals surface area contributed by atoms with Gasteiger partial charge in [0.15, 0.2) is 0 Å². The number of rotatable bonds is 7. The summed E-state index contributed by atoms with van der Waals surface area (Å²) in [6, 6.07) is 6.88. The van der Waals surface area contributed by atoms with Crippen LogP contribution in [0, 0.1) is 5.82 Å². The van der Waals surface area contributed by atoms with Gasteiger partial charge in [0, 0.05) is 26.2 Å². The van der Waals surface area contributed by atoms with Crippen molar-refractivity contribution in [2.45, 2.75) is 38.5 Å². The van der Waals surface area contributed by atoms with Crippen molar-refractivity contribution in [3.63, 3.8) is 0 Å². The van der Waals surface area contributed by atoms with E-state index >= 15 is 0 Å². The van der Waals surface area contributed by atoms with Crippen molar-refractivity contribution in [2.24, 2.45) is 5.73 Å². The number of methoxy groups -OCH3 is 1. The fourth-order valence-corrected chi connectivity index (χ4v) is 2.12. The van der Waals surface area contributed by atoms with Gasteiger partial charge in [0.2, 0.25) is 0 Å². The first kappa shape index (κ1) is 16.1. The van der Waals surface area contributed by atoms with Gasteiger partial charge < -0.3 is 10.5 Å². The summed E-state index contributed by atoms with van der Waals surface area (Å²) in [7, 11) is 3.72. The highest BCUT2D eigenvalue weighted by Gasteiger charge is 2.24. The fraction of sp³-hybridized carbons (Fsp3) is 0.600. The Morgan fingerprint density at radius 1 is 1.42 bits per heavy atom. The van der Waals surface area contributed by atoms with Crippen molar-refractivity contribution < 1.29 is 9.13 Å². The van der Waals surface area contributed by atoms with Gasteiger partial charge in [0.05, 0.1) is 5.60 Å². The maximum Gasteiger partial charge on any atom is 0.123 e. The van der Waals surface area contributed by atoms with Gasteiger partial charge in [-0.2, -0.15) is 0 Å². The summed E-state index contributed by atoms with van der Waals surface area (Å²) in [5, 5.41) is 0. The average Bonchev–Trinajstić information content (AvgIpc) is 2.36. The SMILES string of the molecule is COC(C)(C)CC(CN)N(C)Cc1cccc(F)c1. The first-order valence-corrected chi connectivity index (χ1v) is 6.58. The Morgan fingerprint density at radius 3 is 2.63 bits per heavy atom. The van der Waals surface area contributed by atoms with Crippen LogP contribution in [0.15, 0.2) is 24.3 Å². The summed E-state index contributed by atoms with van der Waals surface area (Å²) in [6.45, 7) is 5.33. The summed E-state index contributed by atoms with van der Waals surface area (Å²) < 4.78 is 18.6. The zero-order valence-corrected chi connectivity index (χ0v) is 12.3. The molecule has 0 heterocycles. The molecule has 0 aliphatic heterocycles. The summed E-state index contributed by atoms with van der Waals surface area (Å²) in [6.07, 6.45) is 0.839. The van der Waals surface area contributed by atoms with Crippen LogP contribution in [0.25, 0.3) is 0 Å². The number of benzene rings is 1. The fourth-order valence-electron chi connectivity index (χ4n) is 2.12. The lowest BCUT2D eigenvalue weighted by Crippen LogP contribution is -2.43. The van der Waals surface area contributed by atoms with Gasteiger partial charge in [0.1, 0.15) is 5.82 Å². The van der Waals surface area contributed by atoms with E-state index in [1.807, 2.05) is 27.0 Å². The monoisotopic (exact) mass is 268 g/mol. The summed E-state index contributed by atoms with van der Waals surface area (Å²) in [5.41, 5.74) is 6.59. The predicted octanol–water partition coefficient (Wildman–Crippen LogP) is 2.40. The van der Waals surface area contributed by atoms with Gasteiger partial charge >= 0.3 is 0 Å². The summed E-state index contributed by atoms with van der Waals surface area (Å²) in [5.74, 6) is -0.201. The van der Waals surface area contributed by atoms with Crippen LogP contribution in [0.5, 0.6) is 0 Å². The van der Waals surface area contributed by atoms with Gasteiger partial charge in [-0.25, -0.2) is 4.39 Å². The highest BCUT2D eigenvalue weighted by molar-refractivity contribution is 5.16. The first-order valence-electron chi connectivity index (χ1n) is 6.58. The van der Waals surface area contributed by atoms with E-state index in [0.29, 0.717) is 13.1 Å². The third-order valence-corrected chi connectivity index (χ3v) is 3.50. The topological polar surface area (TPSA) is 38.5 Å². The van der Waals surface area contributed by atoms with Gasteiger partial charge in [-0.15, -0.1) is 0 Å². The second-order valence-electron chi connectivity index (χ2n) is 5.60. The lowest BCUT2D eigenvalue weighted by Gasteiger charge is -2.33. The Hall–Kier alpha value is -0.970. The van der Waals surface area contributed by atoms with Crippen LogP contribution in [0.1, 0.15) is 25.8 Å². The van der Waals surface area contributed by atoms with Gasteiger partial charge in [-0.3, -0.25) is 4.90 Å². The summed E-state index contributed by atoms with van der Waals surface area (Å²) in [4.78, 5) is 2.15. The highest BCUT2D eigenvalue weighted by Crippen LogP contribution is 2.19. The Labute approximate surface area is 115 Å². The molecule has 19 heavy (non-hydrogen) atoms. The van der Waals surface area contributed by atoms with Crippen LogP contribution in [0.2, 0.25) is 0 Å². The maximum absolute atomic E-state index is 13.2. The number of likely N-dealkylation sites (N-methyl/N-ethyl adjacent to an activating group) is 1. The van der Waals surface area contributed by atoms with Crippen LogP contribution in [-0.4, -0.2) is 37.2 Å². The molecule has 4 heteroatoms. The van der Waals surface area contributed by atoms with Crippen LogP contribution < -0.4 is 5.73 Å². The number of ether oxygens (including phenoxy) is 1. The van der Waals surface area contributed by atoms with Crippen LogP contribution in [-0.2, 0) is 11.3 Å². The molecule has 0 aliphatic carbocycles. The molecule has 2 N–H and O–H groups in total. The van der Waals surface area contributed by atoms with E-state index in [1.165, 1.54) is 6.07 Å². The average molecular weight is 268 g/mol. The number of nitrogens with zero attached hydrogens (tertiary/aromatic N) is 1. The quantitative estimate of drug-likeness (QED) is 0.825. The lowest BCUT2D eigenvalue weighted by molar-refractivity contribution is -0.00539. The standard InChI is InChI=1S/C15H25FN2O/c1-15(2,19-4)9-14(10-17)18(3)11-12-6-5-7-13(16)8-12/h5-8,14H,9-11,17H2,1-4H3. The number of nitrogens with two attached hydrogens (primary N) is 1. The molecule has 0 aromatic heterocycles. The highest BCUT2D eigenvalue weighted by atomic mass is 19.1. The van der Waals surface area contributed by atoms with E-state index in [4.69, 9.17) is 10.5 Å². The number of halogens is 1. The normalized spacial score (nSPS) is 13.8. The Balaban J connectivity index is 2.66. The van der Waals surface area contributed by atoms with Crippen molar-refractivity contribution in [1.29, 1.82) is 0 Å². The molecule has 0 aliphatic rings. The molecule has 0 fully saturated rings. The maximum atomic E-state index is 13.2. The molecule has 0 bridgehead atoms. The Bertz CT molecular complexity index is 395. The van der Waals surface area contributed by atoms with E-state index in [9.17, 15) is 4.39 Å². The van der Waals surface area contributed by atoms with Crippen molar-refractivity contribution in [2.75, 3.05) is 20.7 Å². The van der Waals surface area contributed by atoms with Crippen molar-refractivity contribution in [3.05, 3.63) is 35.6 Å². The van der Waals surface area contributed by atoms with Crippen LogP contribution in [0.4, 0.5) is 4.39 Å². The number of hydrogen-bond donors (Lipinski definition) is 1. The van der Waals surface area contributed by atoms with Crippen LogP contribution in [0.3, 0.4) is 0 Å². The van der Waals surface area contributed by atoms with Crippen molar-refractivity contribution in [1.82, 2.24) is 4.90 Å². The molecular weight excluding hydrogens is 243 g/mol. The van der Waals surface area contributed by atoms with Crippen molar-refractivity contribution in [3.8, 4) is 0 Å². The molecule has 0 saturated heterocycles. The minimum absolute atomic E-state index is 0.201.